The van der Waals surface area contributed by atoms with Gasteiger partial charge in [0.15, 0.2) is 0 Å². The molecule has 1 aromatic heterocycles. The van der Waals surface area contributed by atoms with Crippen molar-refractivity contribution in [2.75, 3.05) is 0 Å². The van der Waals surface area contributed by atoms with Gasteiger partial charge in [-0.3, -0.25) is 4.68 Å². The van der Waals surface area contributed by atoms with Gasteiger partial charge in [-0.25, -0.2) is 0 Å². The molecule has 4 heteroatoms. The van der Waals surface area contributed by atoms with Crippen molar-refractivity contribution in [2.24, 2.45) is 0 Å². The van der Waals surface area contributed by atoms with Crippen LogP contribution in [0.25, 0.3) is 0 Å². The van der Waals surface area contributed by atoms with Crippen LogP contribution in [0.2, 0.25) is 5.02 Å². The number of hydrogen-bond acceptors (Lipinski definition) is 2. The number of hydrogen-bond donors (Lipinski definition) is 1. The van der Waals surface area contributed by atoms with E-state index >= 15 is 0 Å². The topological polar surface area (TPSA) is 38.0 Å². The van der Waals surface area contributed by atoms with Gasteiger partial charge in [0.1, 0.15) is 0 Å². The van der Waals surface area contributed by atoms with Crippen molar-refractivity contribution >= 4 is 11.6 Å². The fraction of sp³-hybridized carbons (Fsp3) is 0.471. The molecule has 114 valence electrons. The predicted molar refractivity (Wildman–Crippen MR) is 86.6 cm³/mol. The normalized spacial score (nSPS) is 14.4. The van der Waals surface area contributed by atoms with Crippen LogP contribution in [-0.2, 0) is 12.0 Å². The SMILES string of the molecule is CCC(CC)n1ccc(CC(C)(O)c2ccc(Cl)cc2)n1. The monoisotopic (exact) mass is 306 g/mol. The highest BCUT2D eigenvalue weighted by Gasteiger charge is 2.25. The summed E-state index contributed by atoms with van der Waals surface area (Å²) in [6, 6.07) is 9.74. The Morgan fingerprint density at radius 1 is 1.19 bits per heavy atom. The fourth-order valence-electron chi connectivity index (χ4n) is 2.60. The van der Waals surface area contributed by atoms with Crippen molar-refractivity contribution in [1.29, 1.82) is 0 Å². The van der Waals surface area contributed by atoms with Gasteiger partial charge in [0.25, 0.3) is 0 Å². The molecule has 0 aliphatic carbocycles. The lowest BCUT2D eigenvalue weighted by Gasteiger charge is -2.23. The minimum atomic E-state index is -0.947. The van der Waals surface area contributed by atoms with Gasteiger partial charge in [-0.1, -0.05) is 37.6 Å². The molecular weight excluding hydrogens is 284 g/mol. The third-order valence-corrected chi connectivity index (χ3v) is 4.22. The van der Waals surface area contributed by atoms with Crippen LogP contribution in [-0.4, -0.2) is 14.9 Å². The van der Waals surface area contributed by atoms with Gasteiger partial charge in [0.2, 0.25) is 0 Å². The molecule has 0 aliphatic heterocycles. The van der Waals surface area contributed by atoms with Crippen molar-refractivity contribution < 1.29 is 5.11 Å². The van der Waals surface area contributed by atoms with E-state index in [1.807, 2.05) is 36.0 Å². The van der Waals surface area contributed by atoms with E-state index in [9.17, 15) is 5.11 Å². The fourth-order valence-corrected chi connectivity index (χ4v) is 2.73. The lowest BCUT2D eigenvalue weighted by Crippen LogP contribution is -2.24. The lowest BCUT2D eigenvalue weighted by molar-refractivity contribution is 0.0563. The maximum absolute atomic E-state index is 10.7. The summed E-state index contributed by atoms with van der Waals surface area (Å²) in [5, 5.41) is 16.0. The molecule has 0 radical (unpaired) electrons. The maximum Gasteiger partial charge on any atom is 0.0924 e. The van der Waals surface area contributed by atoms with Crippen molar-refractivity contribution in [3.63, 3.8) is 0 Å². The second-order valence-corrected chi connectivity index (χ2v) is 6.15. The summed E-state index contributed by atoms with van der Waals surface area (Å²) in [6.07, 6.45) is 4.61. The smallest absolute Gasteiger partial charge is 0.0924 e. The standard InChI is InChI=1S/C17H23ClN2O/c1-4-16(5-2)20-11-10-15(19-20)12-17(3,21)13-6-8-14(18)9-7-13/h6-11,16,21H,4-5,12H2,1-3H3. The van der Waals surface area contributed by atoms with Gasteiger partial charge in [0, 0.05) is 17.6 Å². The molecule has 3 nitrogen and oxygen atoms in total. The molecular formula is C17H23ClN2O. The molecule has 1 N–H and O–H groups in total. The molecule has 0 aliphatic rings. The third-order valence-electron chi connectivity index (χ3n) is 3.97. The van der Waals surface area contributed by atoms with Gasteiger partial charge in [-0.2, -0.15) is 5.10 Å². The molecule has 0 amide bonds. The Kier molecular flexibility index (Phi) is 5.07. The number of aromatic nitrogens is 2. The van der Waals surface area contributed by atoms with Crippen molar-refractivity contribution in [3.05, 3.63) is 52.8 Å². The zero-order chi connectivity index (χ0) is 15.5. The summed E-state index contributed by atoms with van der Waals surface area (Å²) in [4.78, 5) is 0. The van der Waals surface area contributed by atoms with E-state index in [0.29, 0.717) is 17.5 Å². The van der Waals surface area contributed by atoms with Crippen LogP contribution in [0, 0.1) is 0 Å². The van der Waals surface area contributed by atoms with Crippen molar-refractivity contribution in [3.8, 4) is 0 Å². The van der Waals surface area contributed by atoms with Gasteiger partial charge >= 0.3 is 0 Å². The van der Waals surface area contributed by atoms with Gasteiger partial charge in [-0.05, 0) is 43.5 Å². The molecule has 1 aromatic carbocycles. The summed E-state index contributed by atoms with van der Waals surface area (Å²) < 4.78 is 2.01. The Morgan fingerprint density at radius 2 is 1.81 bits per heavy atom. The molecule has 1 unspecified atom stereocenters. The van der Waals surface area contributed by atoms with E-state index in [0.717, 1.165) is 24.1 Å². The van der Waals surface area contributed by atoms with Crippen molar-refractivity contribution in [2.45, 2.75) is 51.7 Å². The number of nitrogens with zero attached hydrogens (tertiary/aromatic N) is 2. The zero-order valence-corrected chi connectivity index (χ0v) is 13.6. The van der Waals surface area contributed by atoms with Crippen LogP contribution < -0.4 is 0 Å². The van der Waals surface area contributed by atoms with Crippen LogP contribution in [0.3, 0.4) is 0 Å². The molecule has 0 fully saturated rings. The molecule has 0 bridgehead atoms. The quantitative estimate of drug-likeness (QED) is 0.861. The van der Waals surface area contributed by atoms with Crippen LogP contribution in [0.1, 0.15) is 50.9 Å². The summed E-state index contributed by atoms with van der Waals surface area (Å²) in [5.74, 6) is 0. The minimum absolute atomic E-state index is 0.430. The van der Waals surface area contributed by atoms with E-state index in [1.165, 1.54) is 0 Å². The van der Waals surface area contributed by atoms with E-state index in [1.54, 1.807) is 12.1 Å². The first kappa shape index (κ1) is 16.1. The number of halogens is 1. The van der Waals surface area contributed by atoms with Gasteiger partial charge < -0.3 is 5.11 Å². The van der Waals surface area contributed by atoms with E-state index in [4.69, 9.17) is 11.6 Å². The first-order valence-corrected chi connectivity index (χ1v) is 7.86. The minimum Gasteiger partial charge on any atom is -0.385 e. The highest BCUT2D eigenvalue weighted by molar-refractivity contribution is 6.30. The van der Waals surface area contributed by atoms with Crippen LogP contribution in [0.15, 0.2) is 36.5 Å². The Bertz CT molecular complexity index is 571. The molecule has 0 spiro atoms. The van der Waals surface area contributed by atoms with E-state index in [-0.39, 0.29) is 0 Å². The zero-order valence-electron chi connectivity index (χ0n) is 12.9. The highest BCUT2D eigenvalue weighted by atomic mass is 35.5. The predicted octanol–water partition coefficient (Wildman–Crippen LogP) is 4.35. The highest BCUT2D eigenvalue weighted by Crippen LogP contribution is 2.26. The summed E-state index contributed by atoms with van der Waals surface area (Å²) in [6.45, 7) is 6.14. The molecule has 21 heavy (non-hydrogen) atoms. The number of aliphatic hydroxyl groups is 1. The largest absolute Gasteiger partial charge is 0.385 e. The Balaban J connectivity index is 2.15. The first-order valence-electron chi connectivity index (χ1n) is 7.48. The summed E-state index contributed by atoms with van der Waals surface area (Å²) >= 11 is 5.89. The summed E-state index contributed by atoms with van der Waals surface area (Å²) in [5.41, 5.74) is 0.809. The van der Waals surface area contributed by atoms with Gasteiger partial charge in [0.05, 0.1) is 17.3 Å². The second kappa shape index (κ2) is 6.63. The lowest BCUT2D eigenvalue weighted by atomic mass is 9.91. The molecule has 0 saturated heterocycles. The van der Waals surface area contributed by atoms with Crippen LogP contribution in [0.4, 0.5) is 0 Å². The number of benzene rings is 1. The average Bonchev–Trinajstić information content (AvgIpc) is 2.88. The molecule has 2 rings (SSSR count). The van der Waals surface area contributed by atoms with E-state index in [2.05, 4.69) is 18.9 Å². The molecule has 1 atom stereocenters. The number of rotatable bonds is 6. The Labute approximate surface area is 131 Å². The average molecular weight is 307 g/mol. The second-order valence-electron chi connectivity index (χ2n) is 5.71. The van der Waals surface area contributed by atoms with E-state index < -0.39 is 5.60 Å². The molecule has 2 aromatic rings. The first-order chi connectivity index (χ1) is 9.96. The van der Waals surface area contributed by atoms with Crippen LogP contribution >= 0.6 is 11.6 Å². The molecule has 1 heterocycles. The maximum atomic E-state index is 10.7. The molecule has 0 saturated carbocycles. The Morgan fingerprint density at radius 3 is 2.38 bits per heavy atom. The van der Waals surface area contributed by atoms with Crippen LogP contribution in [0.5, 0.6) is 0 Å². The third kappa shape index (κ3) is 3.86. The van der Waals surface area contributed by atoms with Gasteiger partial charge in [-0.15, -0.1) is 0 Å². The van der Waals surface area contributed by atoms with Crippen molar-refractivity contribution in [1.82, 2.24) is 9.78 Å². The summed E-state index contributed by atoms with van der Waals surface area (Å²) in [7, 11) is 0. The Hall–Kier alpha value is -1.32.